The van der Waals surface area contributed by atoms with Crippen molar-refractivity contribution in [2.24, 2.45) is 0 Å². The second-order valence-electron chi connectivity index (χ2n) is 5.27. The molecule has 0 spiro atoms. The summed E-state index contributed by atoms with van der Waals surface area (Å²) in [4.78, 5) is 26.0. The molecule has 7 heteroatoms. The molecule has 130 valence electrons. The number of ether oxygens (including phenoxy) is 4. The number of aromatic hydroxyl groups is 1. The highest BCUT2D eigenvalue weighted by molar-refractivity contribution is 6.31. The van der Waals surface area contributed by atoms with Crippen molar-refractivity contribution in [2.45, 2.75) is 0 Å². The number of carbonyl (C=O) groups excluding carboxylic acids is 2. The number of benzene rings is 2. The van der Waals surface area contributed by atoms with Crippen molar-refractivity contribution in [3.05, 3.63) is 40.5 Å². The fourth-order valence-electron chi connectivity index (χ4n) is 2.99. The zero-order chi connectivity index (χ0) is 18.3. The van der Waals surface area contributed by atoms with Crippen LogP contribution >= 0.6 is 0 Å². The molecule has 0 bridgehead atoms. The lowest BCUT2D eigenvalue weighted by Gasteiger charge is -2.24. The molecule has 0 radical (unpaired) electrons. The van der Waals surface area contributed by atoms with Gasteiger partial charge in [0.25, 0.3) is 0 Å². The van der Waals surface area contributed by atoms with E-state index in [0.29, 0.717) is 5.75 Å². The van der Waals surface area contributed by atoms with Gasteiger partial charge in [-0.2, -0.15) is 0 Å². The molecular formula is C18H16O7. The summed E-state index contributed by atoms with van der Waals surface area (Å²) in [5.41, 5.74) is 0.313. The number of rotatable bonds is 4. The van der Waals surface area contributed by atoms with Gasteiger partial charge in [0.1, 0.15) is 5.75 Å². The van der Waals surface area contributed by atoms with Gasteiger partial charge in [0, 0.05) is 11.1 Å². The quantitative estimate of drug-likeness (QED) is 0.776. The van der Waals surface area contributed by atoms with E-state index < -0.39 is 17.3 Å². The Morgan fingerprint density at radius 2 is 1.28 bits per heavy atom. The van der Waals surface area contributed by atoms with Gasteiger partial charge in [-0.05, 0) is 18.2 Å². The Hall–Kier alpha value is -3.22. The molecule has 0 atom stereocenters. The first-order chi connectivity index (χ1) is 12.0. The van der Waals surface area contributed by atoms with Gasteiger partial charge in [-0.25, -0.2) is 0 Å². The summed E-state index contributed by atoms with van der Waals surface area (Å²) in [7, 11) is 5.40. The third-order valence-corrected chi connectivity index (χ3v) is 4.12. The zero-order valence-corrected chi connectivity index (χ0v) is 14.1. The average molecular weight is 344 g/mol. The summed E-state index contributed by atoms with van der Waals surface area (Å²) < 4.78 is 20.7. The van der Waals surface area contributed by atoms with Crippen LogP contribution in [-0.4, -0.2) is 45.1 Å². The van der Waals surface area contributed by atoms with Crippen molar-refractivity contribution < 1.29 is 33.6 Å². The summed E-state index contributed by atoms with van der Waals surface area (Å²) in [5, 5.41) is 10.4. The Kier molecular flexibility index (Phi) is 4.00. The topological polar surface area (TPSA) is 91.3 Å². The van der Waals surface area contributed by atoms with E-state index in [9.17, 15) is 14.7 Å². The van der Waals surface area contributed by atoms with E-state index in [4.69, 9.17) is 18.9 Å². The third kappa shape index (κ3) is 2.20. The van der Waals surface area contributed by atoms with E-state index in [1.807, 2.05) is 0 Å². The van der Waals surface area contributed by atoms with Crippen LogP contribution in [0.2, 0.25) is 0 Å². The van der Waals surface area contributed by atoms with Gasteiger partial charge in [0.2, 0.25) is 11.5 Å². The van der Waals surface area contributed by atoms with Crippen molar-refractivity contribution in [1.82, 2.24) is 0 Å². The molecule has 0 saturated carbocycles. The van der Waals surface area contributed by atoms with E-state index in [-0.39, 0.29) is 39.5 Å². The number of methoxy groups -OCH3 is 4. The maximum absolute atomic E-state index is 13.1. The molecule has 0 heterocycles. The van der Waals surface area contributed by atoms with E-state index in [1.54, 1.807) is 6.07 Å². The molecule has 3 rings (SSSR count). The summed E-state index contributed by atoms with van der Waals surface area (Å²) in [5.74, 6) is -1.10. The van der Waals surface area contributed by atoms with Gasteiger partial charge in [-0.3, -0.25) is 9.59 Å². The highest BCUT2D eigenvalue weighted by Gasteiger charge is 2.39. The number of hydrogen-bond acceptors (Lipinski definition) is 7. The van der Waals surface area contributed by atoms with Crippen LogP contribution in [0.25, 0.3) is 0 Å². The molecule has 0 saturated heterocycles. The highest BCUT2D eigenvalue weighted by Crippen LogP contribution is 2.51. The Balaban J connectivity index is 2.42. The molecule has 1 aliphatic rings. The normalized spacial score (nSPS) is 12.3. The predicted molar refractivity (Wildman–Crippen MR) is 87.6 cm³/mol. The molecular weight excluding hydrogens is 328 g/mol. The molecule has 0 aromatic heterocycles. The molecule has 0 fully saturated rings. The molecule has 0 aliphatic heterocycles. The lowest BCUT2D eigenvalue weighted by atomic mass is 9.82. The monoisotopic (exact) mass is 344 g/mol. The standard InChI is InChI=1S/C18H16O7/c1-22-8-5-6-9-10(7-8)14(20)12-11(13(9)19)16(23-2)15(21)18(25-4)17(12)24-3/h5-7,21H,1-4H3. The molecule has 25 heavy (non-hydrogen) atoms. The molecule has 0 unspecified atom stereocenters. The SMILES string of the molecule is COc1ccc2c(c1)C(=O)c1c(OC)c(OC)c(O)c(OC)c1C2=O. The van der Waals surface area contributed by atoms with Gasteiger partial charge >= 0.3 is 0 Å². The van der Waals surface area contributed by atoms with Crippen molar-refractivity contribution in [1.29, 1.82) is 0 Å². The predicted octanol–water partition coefficient (Wildman–Crippen LogP) is 2.20. The van der Waals surface area contributed by atoms with Gasteiger partial charge in [0.05, 0.1) is 39.6 Å². The number of fused-ring (bicyclic) bond motifs is 2. The van der Waals surface area contributed by atoms with Crippen LogP contribution < -0.4 is 18.9 Å². The first kappa shape index (κ1) is 16.6. The lowest BCUT2D eigenvalue weighted by Crippen LogP contribution is -2.23. The fraction of sp³-hybridized carbons (Fsp3) is 0.222. The Bertz CT molecular complexity index is 899. The first-order valence-electron chi connectivity index (χ1n) is 7.32. The second kappa shape index (κ2) is 6.01. The number of phenols is 1. The summed E-state index contributed by atoms with van der Waals surface area (Å²) >= 11 is 0. The molecule has 0 amide bonds. The average Bonchev–Trinajstić information content (AvgIpc) is 2.64. The van der Waals surface area contributed by atoms with Crippen LogP contribution in [0.3, 0.4) is 0 Å². The van der Waals surface area contributed by atoms with Crippen molar-refractivity contribution >= 4 is 11.6 Å². The molecule has 1 aliphatic carbocycles. The van der Waals surface area contributed by atoms with Gasteiger partial charge in [0.15, 0.2) is 23.1 Å². The minimum atomic E-state index is -0.458. The Morgan fingerprint density at radius 3 is 1.84 bits per heavy atom. The Labute approximate surface area is 143 Å². The van der Waals surface area contributed by atoms with Crippen LogP contribution in [0.5, 0.6) is 28.7 Å². The van der Waals surface area contributed by atoms with Crippen molar-refractivity contribution in [3.63, 3.8) is 0 Å². The number of carbonyl (C=O) groups is 2. The van der Waals surface area contributed by atoms with Crippen LogP contribution in [-0.2, 0) is 0 Å². The molecule has 7 nitrogen and oxygen atoms in total. The summed E-state index contributed by atoms with van der Waals surface area (Å²) in [6.07, 6.45) is 0. The smallest absolute Gasteiger partial charge is 0.207 e. The number of ketones is 2. The maximum atomic E-state index is 13.1. The van der Waals surface area contributed by atoms with E-state index in [2.05, 4.69) is 0 Å². The molecule has 2 aromatic rings. The second-order valence-corrected chi connectivity index (χ2v) is 5.27. The Morgan fingerprint density at radius 1 is 0.720 bits per heavy atom. The number of phenolic OH excluding ortho intramolecular Hbond substituents is 1. The minimum Gasteiger partial charge on any atom is -0.502 e. The number of hydrogen-bond donors (Lipinski definition) is 1. The minimum absolute atomic E-state index is 0.0141. The van der Waals surface area contributed by atoms with Gasteiger partial charge < -0.3 is 24.1 Å². The van der Waals surface area contributed by atoms with Crippen molar-refractivity contribution in [2.75, 3.05) is 28.4 Å². The van der Waals surface area contributed by atoms with Gasteiger partial charge in [-0.15, -0.1) is 0 Å². The third-order valence-electron chi connectivity index (χ3n) is 4.12. The van der Waals surface area contributed by atoms with Crippen molar-refractivity contribution in [3.8, 4) is 28.7 Å². The van der Waals surface area contributed by atoms with E-state index in [1.165, 1.54) is 40.6 Å². The van der Waals surface area contributed by atoms with E-state index >= 15 is 0 Å². The lowest BCUT2D eigenvalue weighted by molar-refractivity contribution is 0.0972. The van der Waals surface area contributed by atoms with Crippen LogP contribution in [0.4, 0.5) is 0 Å². The van der Waals surface area contributed by atoms with Gasteiger partial charge in [-0.1, -0.05) is 0 Å². The summed E-state index contributed by atoms with van der Waals surface area (Å²) in [6.45, 7) is 0. The zero-order valence-electron chi connectivity index (χ0n) is 14.1. The van der Waals surface area contributed by atoms with E-state index in [0.717, 1.165) is 0 Å². The molecule has 1 N–H and O–H groups in total. The highest BCUT2D eigenvalue weighted by atomic mass is 16.5. The largest absolute Gasteiger partial charge is 0.502 e. The van der Waals surface area contributed by atoms with Crippen LogP contribution in [0.15, 0.2) is 18.2 Å². The first-order valence-corrected chi connectivity index (χ1v) is 7.32. The fourth-order valence-corrected chi connectivity index (χ4v) is 2.99. The van der Waals surface area contributed by atoms with Crippen LogP contribution in [0.1, 0.15) is 31.8 Å². The summed E-state index contributed by atoms with van der Waals surface area (Å²) in [6, 6.07) is 4.58. The van der Waals surface area contributed by atoms with Crippen LogP contribution in [0, 0.1) is 0 Å². The molecule has 2 aromatic carbocycles. The maximum Gasteiger partial charge on any atom is 0.207 e.